The van der Waals surface area contributed by atoms with Crippen LogP contribution in [-0.4, -0.2) is 43.2 Å². The van der Waals surface area contributed by atoms with Crippen LogP contribution in [0.15, 0.2) is 0 Å². The van der Waals surface area contributed by atoms with Crippen LogP contribution in [0.1, 0.15) is 53.9 Å². The molecule has 0 bridgehead atoms. The lowest BCUT2D eigenvalue weighted by molar-refractivity contribution is 0.0408. The van der Waals surface area contributed by atoms with Crippen LogP contribution in [0.5, 0.6) is 0 Å². The smallest absolute Gasteiger partial charge is 0.407 e. The molecule has 0 aliphatic carbocycles. The fraction of sp³-hybridized carbons (Fsp3) is 0.933. The number of alkyl carbamates (subject to hydrolysis) is 1. The van der Waals surface area contributed by atoms with E-state index in [1.165, 1.54) is 0 Å². The van der Waals surface area contributed by atoms with Crippen molar-refractivity contribution >= 4 is 6.09 Å². The fourth-order valence-electron chi connectivity index (χ4n) is 1.49. The summed E-state index contributed by atoms with van der Waals surface area (Å²) in [6, 6.07) is 0. The summed E-state index contributed by atoms with van der Waals surface area (Å²) in [6.45, 7) is 11.2. The van der Waals surface area contributed by atoms with E-state index in [1.807, 2.05) is 27.7 Å². The van der Waals surface area contributed by atoms with Gasteiger partial charge in [-0.1, -0.05) is 20.3 Å². The van der Waals surface area contributed by atoms with E-state index in [-0.39, 0.29) is 12.0 Å². The molecular weight excluding hydrogens is 258 g/mol. The Bertz CT molecular complexity index is 276. The quantitative estimate of drug-likeness (QED) is 0.640. The van der Waals surface area contributed by atoms with E-state index >= 15 is 0 Å². The Morgan fingerprint density at radius 2 is 1.85 bits per heavy atom. The minimum Gasteiger partial charge on any atom is -0.444 e. The van der Waals surface area contributed by atoms with Gasteiger partial charge in [0.2, 0.25) is 0 Å². The van der Waals surface area contributed by atoms with Crippen molar-refractivity contribution in [3.05, 3.63) is 0 Å². The van der Waals surface area contributed by atoms with Crippen molar-refractivity contribution in [3.63, 3.8) is 0 Å². The van der Waals surface area contributed by atoms with E-state index in [0.29, 0.717) is 19.6 Å². The summed E-state index contributed by atoms with van der Waals surface area (Å²) < 4.78 is 10.7. The van der Waals surface area contributed by atoms with E-state index in [9.17, 15) is 9.90 Å². The molecule has 1 amide bonds. The van der Waals surface area contributed by atoms with Crippen molar-refractivity contribution in [2.75, 3.05) is 26.4 Å². The number of carbonyl (C=O) groups excluding carboxylic acids is 1. The first-order valence-electron chi connectivity index (χ1n) is 7.38. The Morgan fingerprint density at radius 1 is 1.20 bits per heavy atom. The third-order valence-electron chi connectivity index (χ3n) is 2.93. The number of aliphatic hydroxyl groups excluding tert-OH is 1. The zero-order valence-corrected chi connectivity index (χ0v) is 13.6. The summed E-state index contributed by atoms with van der Waals surface area (Å²) in [5.74, 6) is 0. The predicted octanol–water partition coefficient (Wildman–Crippen LogP) is 2.72. The minimum atomic E-state index is -0.511. The van der Waals surface area contributed by atoms with Crippen molar-refractivity contribution in [2.24, 2.45) is 5.41 Å². The summed E-state index contributed by atoms with van der Waals surface area (Å²) in [7, 11) is 0. The van der Waals surface area contributed by atoms with E-state index < -0.39 is 11.7 Å². The van der Waals surface area contributed by atoms with Gasteiger partial charge in [0.05, 0.1) is 6.61 Å². The van der Waals surface area contributed by atoms with Gasteiger partial charge in [-0.25, -0.2) is 4.79 Å². The SMILES string of the molecule is CCCCOCCC(C)(CO)CNC(=O)OC(C)(C)C. The van der Waals surface area contributed by atoms with Gasteiger partial charge in [-0.3, -0.25) is 0 Å². The summed E-state index contributed by atoms with van der Waals surface area (Å²) in [5.41, 5.74) is -0.897. The second-order valence-electron chi connectivity index (χ2n) is 6.54. The molecule has 0 aromatic rings. The molecule has 0 rings (SSSR count). The Balaban J connectivity index is 4.01. The third-order valence-corrected chi connectivity index (χ3v) is 2.93. The van der Waals surface area contributed by atoms with Crippen LogP contribution in [0.2, 0.25) is 0 Å². The maximum absolute atomic E-state index is 11.6. The largest absolute Gasteiger partial charge is 0.444 e. The first kappa shape index (κ1) is 19.2. The van der Waals surface area contributed by atoms with Gasteiger partial charge < -0.3 is 19.9 Å². The Morgan fingerprint density at radius 3 is 2.35 bits per heavy atom. The Hall–Kier alpha value is -0.810. The van der Waals surface area contributed by atoms with Crippen molar-refractivity contribution < 1.29 is 19.4 Å². The molecule has 5 nitrogen and oxygen atoms in total. The molecule has 120 valence electrons. The molecule has 0 aliphatic rings. The highest BCUT2D eigenvalue weighted by Crippen LogP contribution is 2.20. The summed E-state index contributed by atoms with van der Waals surface area (Å²) in [6.07, 6.45) is 2.40. The molecule has 0 fully saturated rings. The van der Waals surface area contributed by atoms with Gasteiger partial charge in [-0.15, -0.1) is 0 Å². The molecule has 0 saturated heterocycles. The predicted molar refractivity (Wildman–Crippen MR) is 79.8 cm³/mol. The van der Waals surface area contributed by atoms with Crippen LogP contribution in [0.3, 0.4) is 0 Å². The van der Waals surface area contributed by atoms with Crippen molar-refractivity contribution in [2.45, 2.75) is 59.5 Å². The number of ether oxygens (including phenoxy) is 2. The van der Waals surface area contributed by atoms with E-state index in [4.69, 9.17) is 9.47 Å². The lowest BCUT2D eigenvalue weighted by Gasteiger charge is -2.28. The first-order chi connectivity index (χ1) is 9.22. The minimum absolute atomic E-state index is 0.0000639. The highest BCUT2D eigenvalue weighted by Gasteiger charge is 2.25. The molecule has 0 radical (unpaired) electrons. The average molecular weight is 289 g/mol. The number of hydrogen-bond donors (Lipinski definition) is 2. The summed E-state index contributed by atoms with van der Waals surface area (Å²) in [5, 5.41) is 12.2. The molecule has 0 spiro atoms. The normalized spacial score (nSPS) is 14.7. The Kier molecular flexibility index (Phi) is 8.81. The molecule has 0 aromatic carbocycles. The van der Waals surface area contributed by atoms with E-state index in [1.54, 1.807) is 0 Å². The van der Waals surface area contributed by atoms with Crippen LogP contribution < -0.4 is 5.32 Å². The topological polar surface area (TPSA) is 67.8 Å². The molecule has 2 N–H and O–H groups in total. The van der Waals surface area contributed by atoms with Gasteiger partial charge in [0.25, 0.3) is 0 Å². The maximum Gasteiger partial charge on any atom is 0.407 e. The number of rotatable bonds is 9. The number of aliphatic hydroxyl groups is 1. The van der Waals surface area contributed by atoms with E-state index in [0.717, 1.165) is 19.4 Å². The number of hydrogen-bond acceptors (Lipinski definition) is 4. The second-order valence-corrected chi connectivity index (χ2v) is 6.54. The maximum atomic E-state index is 11.6. The fourth-order valence-corrected chi connectivity index (χ4v) is 1.49. The summed E-state index contributed by atoms with van der Waals surface area (Å²) >= 11 is 0. The highest BCUT2D eigenvalue weighted by atomic mass is 16.6. The van der Waals surface area contributed by atoms with Gasteiger partial charge in [0, 0.05) is 25.2 Å². The van der Waals surface area contributed by atoms with Gasteiger partial charge in [-0.2, -0.15) is 0 Å². The zero-order valence-electron chi connectivity index (χ0n) is 13.6. The number of carbonyl (C=O) groups is 1. The molecule has 0 aromatic heterocycles. The number of amides is 1. The molecule has 5 heteroatoms. The van der Waals surface area contributed by atoms with Gasteiger partial charge in [-0.05, 0) is 33.6 Å². The molecule has 0 heterocycles. The first-order valence-corrected chi connectivity index (χ1v) is 7.38. The zero-order chi connectivity index (χ0) is 15.6. The van der Waals surface area contributed by atoms with Crippen molar-refractivity contribution in [1.29, 1.82) is 0 Å². The molecule has 0 saturated carbocycles. The number of nitrogens with one attached hydrogen (secondary N) is 1. The standard InChI is InChI=1S/C15H31NO4/c1-6-7-9-19-10-8-15(5,12-17)11-16-13(18)20-14(2,3)4/h17H,6-12H2,1-5H3,(H,16,18). The third kappa shape index (κ3) is 10.0. The molecular formula is C15H31NO4. The van der Waals surface area contributed by atoms with Crippen LogP contribution in [0.25, 0.3) is 0 Å². The molecule has 1 unspecified atom stereocenters. The lowest BCUT2D eigenvalue weighted by atomic mass is 9.88. The average Bonchev–Trinajstić information content (AvgIpc) is 2.34. The monoisotopic (exact) mass is 289 g/mol. The van der Waals surface area contributed by atoms with Gasteiger partial charge in [0.1, 0.15) is 5.60 Å². The molecule has 0 aliphatic heterocycles. The summed E-state index contributed by atoms with van der Waals surface area (Å²) in [4.78, 5) is 11.6. The lowest BCUT2D eigenvalue weighted by Crippen LogP contribution is -2.41. The van der Waals surface area contributed by atoms with Crippen LogP contribution in [0, 0.1) is 5.41 Å². The Labute approximate surface area is 123 Å². The highest BCUT2D eigenvalue weighted by molar-refractivity contribution is 5.67. The van der Waals surface area contributed by atoms with Crippen LogP contribution in [-0.2, 0) is 9.47 Å². The van der Waals surface area contributed by atoms with Gasteiger partial charge in [0.15, 0.2) is 0 Å². The van der Waals surface area contributed by atoms with Gasteiger partial charge >= 0.3 is 6.09 Å². The molecule has 1 atom stereocenters. The van der Waals surface area contributed by atoms with Crippen molar-refractivity contribution in [3.8, 4) is 0 Å². The van der Waals surface area contributed by atoms with Crippen LogP contribution in [0.4, 0.5) is 4.79 Å². The van der Waals surface area contributed by atoms with E-state index in [2.05, 4.69) is 12.2 Å². The molecule has 20 heavy (non-hydrogen) atoms. The van der Waals surface area contributed by atoms with Crippen molar-refractivity contribution in [1.82, 2.24) is 5.32 Å². The van der Waals surface area contributed by atoms with Crippen LogP contribution >= 0.6 is 0 Å². The second kappa shape index (κ2) is 9.19. The number of unbranched alkanes of at least 4 members (excludes halogenated alkanes) is 1.